The van der Waals surface area contributed by atoms with Gasteiger partial charge in [0.05, 0.1) is 7.11 Å². The maximum absolute atomic E-state index is 11.3. The van der Waals surface area contributed by atoms with Gasteiger partial charge < -0.3 is 15.2 Å². The molecule has 0 fully saturated rings. The van der Waals surface area contributed by atoms with Crippen LogP contribution >= 0.6 is 0 Å². The maximum Gasteiger partial charge on any atom is 0.364 e. The molecule has 0 saturated carbocycles. The van der Waals surface area contributed by atoms with Gasteiger partial charge in [0.1, 0.15) is 11.5 Å². The zero-order valence-corrected chi connectivity index (χ0v) is 11.4. The van der Waals surface area contributed by atoms with Crippen molar-refractivity contribution in [3.63, 3.8) is 0 Å². The van der Waals surface area contributed by atoms with E-state index < -0.39 is 0 Å². The molecule has 2 aromatic carbocycles. The van der Waals surface area contributed by atoms with E-state index in [2.05, 4.69) is 10.5 Å². The highest BCUT2D eigenvalue weighted by Gasteiger charge is 2.17. The topological polar surface area (TPSA) is 63.2 Å². The minimum Gasteiger partial charge on any atom is -0.465 e. The number of benzene rings is 2. The number of para-hydroxylation sites is 1. The predicted octanol–water partition coefficient (Wildman–Crippen LogP) is 1.80. The van der Waals surface area contributed by atoms with Crippen LogP contribution in [0.4, 0.5) is 0 Å². The van der Waals surface area contributed by atoms with Gasteiger partial charge in [0, 0.05) is 6.42 Å². The van der Waals surface area contributed by atoms with E-state index in [9.17, 15) is 4.79 Å². The fraction of sp³-hybridized carbons (Fsp3) is 0.188. The first-order chi connectivity index (χ1) is 9.69. The van der Waals surface area contributed by atoms with Gasteiger partial charge in [0.25, 0.3) is 0 Å². The van der Waals surface area contributed by atoms with Crippen LogP contribution in [-0.4, -0.2) is 19.1 Å². The molecule has 0 aliphatic carbocycles. The Morgan fingerprint density at radius 3 is 2.25 bits per heavy atom. The van der Waals surface area contributed by atoms with Gasteiger partial charge in [0.2, 0.25) is 0 Å². The highest BCUT2D eigenvalue weighted by molar-refractivity contribution is 5.74. The fourth-order valence-corrected chi connectivity index (χ4v) is 1.85. The van der Waals surface area contributed by atoms with Crippen LogP contribution in [0.15, 0.2) is 54.6 Å². The van der Waals surface area contributed by atoms with Crippen molar-refractivity contribution in [2.75, 3.05) is 7.11 Å². The van der Waals surface area contributed by atoms with Crippen molar-refractivity contribution < 1.29 is 20.0 Å². The lowest BCUT2D eigenvalue weighted by molar-refractivity contribution is -0.407. The Bertz CT molecular complexity index is 552. The molecule has 0 bridgehead atoms. The van der Waals surface area contributed by atoms with Crippen molar-refractivity contribution >= 4 is 5.97 Å². The van der Waals surface area contributed by atoms with Gasteiger partial charge in [-0.2, -0.15) is 0 Å². The van der Waals surface area contributed by atoms with E-state index in [0.29, 0.717) is 6.42 Å². The Morgan fingerprint density at radius 1 is 1.05 bits per heavy atom. The van der Waals surface area contributed by atoms with Crippen molar-refractivity contribution in [3.05, 3.63) is 60.2 Å². The second-order valence-electron chi connectivity index (χ2n) is 4.48. The van der Waals surface area contributed by atoms with E-state index in [1.807, 2.05) is 54.6 Å². The summed E-state index contributed by atoms with van der Waals surface area (Å²) in [4.78, 5) is 11.3. The molecule has 0 radical (unpaired) electrons. The van der Waals surface area contributed by atoms with Crippen molar-refractivity contribution in [1.29, 1.82) is 0 Å². The summed E-state index contributed by atoms with van der Waals surface area (Å²) in [6.07, 6.45) is 0.554. The summed E-state index contributed by atoms with van der Waals surface area (Å²) in [5.74, 6) is 1.26. The highest BCUT2D eigenvalue weighted by Crippen LogP contribution is 2.21. The third-order valence-corrected chi connectivity index (χ3v) is 2.92. The standard InChI is InChI=1S/C16H17NO3/c1-19-16(18)15(17)11-12-7-9-14(10-8-12)20-13-5-3-2-4-6-13/h2-10,15H,11,17H2,1H3/p+1/t15-/m0/s1. The summed E-state index contributed by atoms with van der Waals surface area (Å²) in [6.45, 7) is 0. The van der Waals surface area contributed by atoms with Crippen LogP contribution in [0.5, 0.6) is 11.5 Å². The molecule has 3 N–H and O–H groups in total. The number of rotatable bonds is 5. The third-order valence-electron chi connectivity index (χ3n) is 2.92. The fourth-order valence-electron chi connectivity index (χ4n) is 1.85. The molecule has 0 spiro atoms. The molecule has 0 aliphatic rings. The van der Waals surface area contributed by atoms with Gasteiger partial charge in [-0.3, -0.25) is 0 Å². The Morgan fingerprint density at radius 2 is 1.65 bits per heavy atom. The Balaban J connectivity index is 1.98. The lowest BCUT2D eigenvalue weighted by Gasteiger charge is -2.08. The van der Waals surface area contributed by atoms with Crippen molar-refractivity contribution in [2.24, 2.45) is 0 Å². The number of ether oxygens (including phenoxy) is 2. The minimum absolute atomic E-state index is 0.297. The van der Waals surface area contributed by atoms with Gasteiger partial charge in [-0.1, -0.05) is 30.3 Å². The first-order valence-corrected chi connectivity index (χ1v) is 6.42. The highest BCUT2D eigenvalue weighted by atomic mass is 16.5. The summed E-state index contributed by atoms with van der Waals surface area (Å²) < 4.78 is 10.4. The van der Waals surface area contributed by atoms with Crippen LogP contribution in [0.1, 0.15) is 5.56 Å². The molecular weight excluding hydrogens is 254 g/mol. The average molecular weight is 272 g/mol. The molecule has 0 aliphatic heterocycles. The van der Waals surface area contributed by atoms with Gasteiger partial charge in [-0.05, 0) is 29.8 Å². The average Bonchev–Trinajstić information content (AvgIpc) is 2.49. The Kier molecular flexibility index (Phi) is 4.74. The number of methoxy groups -OCH3 is 1. The molecule has 0 aromatic heterocycles. The molecule has 20 heavy (non-hydrogen) atoms. The minimum atomic E-state index is -0.388. The first kappa shape index (κ1) is 14.1. The van der Waals surface area contributed by atoms with E-state index >= 15 is 0 Å². The van der Waals surface area contributed by atoms with E-state index in [0.717, 1.165) is 17.1 Å². The summed E-state index contributed by atoms with van der Waals surface area (Å²) >= 11 is 0. The van der Waals surface area contributed by atoms with Crippen LogP contribution in [0, 0.1) is 0 Å². The Hall–Kier alpha value is -2.33. The lowest BCUT2D eigenvalue weighted by Crippen LogP contribution is -2.66. The van der Waals surface area contributed by atoms with Crippen molar-refractivity contribution in [3.8, 4) is 11.5 Å². The van der Waals surface area contributed by atoms with Gasteiger partial charge in [-0.25, -0.2) is 4.79 Å². The molecule has 0 heterocycles. The zero-order valence-electron chi connectivity index (χ0n) is 11.4. The molecule has 1 atom stereocenters. The SMILES string of the molecule is COC(=O)[C@@H]([NH3+])Cc1ccc(Oc2ccccc2)cc1. The summed E-state index contributed by atoms with van der Waals surface area (Å²) in [5, 5.41) is 0. The molecule has 0 unspecified atom stereocenters. The summed E-state index contributed by atoms with van der Waals surface area (Å²) in [5.41, 5.74) is 4.81. The number of hydrogen-bond donors (Lipinski definition) is 1. The van der Waals surface area contributed by atoms with Gasteiger partial charge >= 0.3 is 5.97 Å². The number of quaternary nitrogens is 1. The molecule has 2 rings (SSSR count). The zero-order chi connectivity index (χ0) is 14.4. The molecule has 2 aromatic rings. The number of carbonyl (C=O) groups excluding carboxylic acids is 1. The molecule has 4 nitrogen and oxygen atoms in total. The summed E-state index contributed by atoms with van der Waals surface area (Å²) in [6, 6.07) is 16.8. The van der Waals surface area contributed by atoms with Crippen LogP contribution in [0.25, 0.3) is 0 Å². The number of carbonyl (C=O) groups is 1. The molecular formula is C16H18NO3+. The van der Waals surface area contributed by atoms with Crippen LogP contribution in [-0.2, 0) is 16.0 Å². The molecule has 4 heteroatoms. The molecule has 0 saturated heterocycles. The second-order valence-corrected chi connectivity index (χ2v) is 4.48. The smallest absolute Gasteiger partial charge is 0.364 e. The molecule has 0 amide bonds. The quantitative estimate of drug-likeness (QED) is 0.844. The largest absolute Gasteiger partial charge is 0.465 e. The van der Waals surface area contributed by atoms with Crippen molar-refractivity contribution in [1.82, 2.24) is 0 Å². The number of esters is 1. The monoisotopic (exact) mass is 272 g/mol. The normalized spacial score (nSPS) is 11.7. The second kappa shape index (κ2) is 6.73. The molecule has 104 valence electrons. The van der Waals surface area contributed by atoms with E-state index in [-0.39, 0.29) is 12.0 Å². The van der Waals surface area contributed by atoms with Crippen LogP contribution in [0.2, 0.25) is 0 Å². The maximum atomic E-state index is 11.3. The first-order valence-electron chi connectivity index (χ1n) is 6.42. The van der Waals surface area contributed by atoms with Gasteiger partial charge in [0.15, 0.2) is 6.04 Å². The van der Waals surface area contributed by atoms with E-state index in [1.165, 1.54) is 7.11 Å². The van der Waals surface area contributed by atoms with E-state index in [4.69, 9.17) is 4.74 Å². The van der Waals surface area contributed by atoms with E-state index in [1.54, 1.807) is 0 Å². The van der Waals surface area contributed by atoms with Crippen LogP contribution in [0.3, 0.4) is 0 Å². The lowest BCUT2D eigenvalue weighted by atomic mass is 10.1. The van der Waals surface area contributed by atoms with Crippen molar-refractivity contribution in [2.45, 2.75) is 12.5 Å². The Labute approximate surface area is 118 Å². The third kappa shape index (κ3) is 3.83. The van der Waals surface area contributed by atoms with Crippen LogP contribution < -0.4 is 10.5 Å². The summed E-state index contributed by atoms with van der Waals surface area (Å²) in [7, 11) is 1.37. The number of hydrogen-bond acceptors (Lipinski definition) is 3. The van der Waals surface area contributed by atoms with Gasteiger partial charge in [-0.15, -0.1) is 0 Å². The predicted molar refractivity (Wildman–Crippen MR) is 75.4 cm³/mol.